The second-order valence-corrected chi connectivity index (χ2v) is 6.11. The van der Waals surface area contributed by atoms with E-state index in [0.717, 1.165) is 5.56 Å². The van der Waals surface area contributed by atoms with E-state index in [0.29, 0.717) is 18.4 Å². The molecule has 0 bridgehead atoms. The van der Waals surface area contributed by atoms with Crippen molar-refractivity contribution in [3.8, 4) is 0 Å². The summed E-state index contributed by atoms with van der Waals surface area (Å²) in [6.45, 7) is 4.00. The number of carbonyl (C=O) groups excluding carboxylic acids is 2. The Balaban J connectivity index is 1.83. The molecule has 0 unspecified atom stereocenters. The molecule has 1 saturated carbocycles. The van der Waals surface area contributed by atoms with Gasteiger partial charge in [0.25, 0.3) is 5.91 Å². The van der Waals surface area contributed by atoms with Crippen molar-refractivity contribution in [1.82, 2.24) is 4.90 Å². The Labute approximate surface area is 134 Å². The molecule has 2 aliphatic rings. The minimum Gasteiger partial charge on any atom is -0.465 e. The Hall–Kier alpha value is -2.17. The third-order valence-electron chi connectivity index (χ3n) is 4.79. The lowest BCUT2D eigenvalue weighted by Gasteiger charge is -2.26. The largest absolute Gasteiger partial charge is 0.465 e. The first-order valence-electron chi connectivity index (χ1n) is 7.93. The van der Waals surface area contributed by atoms with Gasteiger partial charge in [-0.3, -0.25) is 9.59 Å². The molecular formula is C18H20FNO3. The maximum absolute atomic E-state index is 14.5. The van der Waals surface area contributed by atoms with Gasteiger partial charge in [-0.05, 0) is 32.3 Å². The van der Waals surface area contributed by atoms with E-state index < -0.39 is 23.1 Å². The highest BCUT2D eigenvalue weighted by atomic mass is 19.1. The van der Waals surface area contributed by atoms with Crippen molar-refractivity contribution in [1.29, 1.82) is 0 Å². The average Bonchev–Trinajstić information content (AvgIpc) is 3.31. The summed E-state index contributed by atoms with van der Waals surface area (Å²) in [7, 11) is 0. The van der Waals surface area contributed by atoms with Gasteiger partial charge in [-0.15, -0.1) is 0 Å². The minimum absolute atomic E-state index is 0.152. The number of hydrogen-bond acceptors (Lipinski definition) is 3. The summed E-state index contributed by atoms with van der Waals surface area (Å²) in [5.41, 5.74) is 0.320. The molecule has 1 aromatic carbocycles. The number of rotatable bonds is 5. The molecule has 1 amide bonds. The lowest BCUT2D eigenvalue weighted by atomic mass is 9.96. The normalized spacial score (nSPS) is 20.7. The van der Waals surface area contributed by atoms with Crippen LogP contribution >= 0.6 is 0 Å². The van der Waals surface area contributed by atoms with Crippen LogP contribution in [0, 0.1) is 5.41 Å². The van der Waals surface area contributed by atoms with Crippen LogP contribution in [0.5, 0.6) is 0 Å². The van der Waals surface area contributed by atoms with E-state index in [1.165, 1.54) is 4.90 Å². The summed E-state index contributed by atoms with van der Waals surface area (Å²) in [5, 5.41) is 0. The third kappa shape index (κ3) is 2.54. The molecule has 1 aliphatic carbocycles. The van der Waals surface area contributed by atoms with Gasteiger partial charge in [0.2, 0.25) is 0 Å². The topological polar surface area (TPSA) is 46.6 Å². The Morgan fingerprint density at radius 2 is 2.00 bits per heavy atom. The first kappa shape index (κ1) is 15.7. The van der Waals surface area contributed by atoms with Gasteiger partial charge in [-0.25, -0.2) is 4.39 Å². The van der Waals surface area contributed by atoms with Crippen molar-refractivity contribution >= 4 is 11.9 Å². The number of ether oxygens (including phenoxy) is 1. The van der Waals surface area contributed by atoms with E-state index in [1.54, 1.807) is 6.92 Å². The van der Waals surface area contributed by atoms with Crippen LogP contribution in [-0.4, -0.2) is 29.9 Å². The van der Waals surface area contributed by atoms with Crippen LogP contribution in [0.1, 0.15) is 38.3 Å². The molecule has 122 valence electrons. The Morgan fingerprint density at radius 3 is 2.57 bits per heavy atom. The van der Waals surface area contributed by atoms with Crippen LogP contribution in [-0.2, 0) is 14.3 Å². The molecule has 4 nitrogen and oxygen atoms in total. The zero-order chi connectivity index (χ0) is 16.6. The maximum Gasteiger partial charge on any atom is 0.316 e. The van der Waals surface area contributed by atoms with Gasteiger partial charge in [0.15, 0.2) is 5.83 Å². The summed E-state index contributed by atoms with van der Waals surface area (Å²) in [5.74, 6) is -1.82. The summed E-state index contributed by atoms with van der Waals surface area (Å²) in [6.07, 6.45) is 1.10. The smallest absolute Gasteiger partial charge is 0.316 e. The van der Waals surface area contributed by atoms with Gasteiger partial charge in [-0.2, -0.15) is 0 Å². The van der Waals surface area contributed by atoms with Crippen molar-refractivity contribution in [2.45, 2.75) is 32.7 Å². The lowest BCUT2D eigenvalue weighted by Crippen LogP contribution is -2.31. The van der Waals surface area contributed by atoms with Crippen molar-refractivity contribution < 1.29 is 18.7 Å². The van der Waals surface area contributed by atoms with Crippen LogP contribution in [0.3, 0.4) is 0 Å². The Bertz CT molecular complexity index is 664. The summed E-state index contributed by atoms with van der Waals surface area (Å²) in [6, 6.07) is 9.24. The molecule has 3 rings (SSSR count). The molecule has 0 radical (unpaired) electrons. The van der Waals surface area contributed by atoms with Gasteiger partial charge in [0.1, 0.15) is 0 Å². The van der Waals surface area contributed by atoms with Crippen LogP contribution < -0.4 is 0 Å². The summed E-state index contributed by atoms with van der Waals surface area (Å²) >= 11 is 0. The predicted octanol–water partition coefficient (Wildman–Crippen LogP) is 3.16. The lowest BCUT2D eigenvalue weighted by molar-refractivity contribution is -0.148. The van der Waals surface area contributed by atoms with Gasteiger partial charge < -0.3 is 9.64 Å². The quantitative estimate of drug-likeness (QED) is 0.784. The number of halogens is 1. The molecule has 0 saturated heterocycles. The highest BCUT2D eigenvalue weighted by Gasteiger charge is 2.58. The fourth-order valence-electron chi connectivity index (χ4n) is 3.18. The fraction of sp³-hybridized carbons (Fsp3) is 0.444. The molecule has 1 heterocycles. The van der Waals surface area contributed by atoms with Gasteiger partial charge >= 0.3 is 5.97 Å². The number of hydrogen-bond donors (Lipinski definition) is 0. The minimum atomic E-state index is -0.916. The molecule has 0 spiro atoms. The Morgan fingerprint density at radius 1 is 1.35 bits per heavy atom. The van der Waals surface area contributed by atoms with Crippen LogP contribution in [0.4, 0.5) is 4.39 Å². The SMILES string of the molecule is CCOC(=O)C1(C2=C(F)C(=O)N([C@@H](C)c3ccccc3)C2)CC1. The molecule has 1 aliphatic heterocycles. The first-order valence-corrected chi connectivity index (χ1v) is 7.93. The van der Waals surface area contributed by atoms with Gasteiger partial charge in [-0.1, -0.05) is 30.3 Å². The number of esters is 1. The van der Waals surface area contributed by atoms with Crippen LogP contribution in [0.2, 0.25) is 0 Å². The number of benzene rings is 1. The van der Waals surface area contributed by atoms with E-state index in [2.05, 4.69) is 0 Å². The van der Waals surface area contributed by atoms with E-state index in [1.807, 2.05) is 37.3 Å². The highest BCUT2D eigenvalue weighted by molar-refractivity contribution is 5.98. The van der Waals surface area contributed by atoms with Crippen molar-refractivity contribution in [2.24, 2.45) is 5.41 Å². The summed E-state index contributed by atoms with van der Waals surface area (Å²) < 4.78 is 19.6. The van der Waals surface area contributed by atoms with E-state index >= 15 is 0 Å². The monoisotopic (exact) mass is 317 g/mol. The molecule has 1 aromatic rings. The average molecular weight is 317 g/mol. The molecule has 5 heteroatoms. The molecular weight excluding hydrogens is 297 g/mol. The van der Waals surface area contributed by atoms with Gasteiger partial charge in [0, 0.05) is 12.1 Å². The van der Waals surface area contributed by atoms with Crippen molar-refractivity contribution in [3.05, 3.63) is 47.3 Å². The zero-order valence-electron chi connectivity index (χ0n) is 13.3. The second-order valence-electron chi connectivity index (χ2n) is 6.11. The van der Waals surface area contributed by atoms with E-state index in [9.17, 15) is 14.0 Å². The van der Waals surface area contributed by atoms with Crippen molar-refractivity contribution in [3.63, 3.8) is 0 Å². The molecule has 1 atom stereocenters. The predicted molar refractivity (Wildman–Crippen MR) is 83.0 cm³/mol. The zero-order valence-corrected chi connectivity index (χ0v) is 13.3. The molecule has 0 aromatic heterocycles. The fourth-order valence-corrected chi connectivity index (χ4v) is 3.18. The van der Waals surface area contributed by atoms with Gasteiger partial charge in [0.05, 0.1) is 18.1 Å². The summed E-state index contributed by atoms with van der Waals surface area (Å²) in [4.78, 5) is 26.0. The molecule has 1 fully saturated rings. The van der Waals surface area contributed by atoms with Crippen LogP contribution in [0.15, 0.2) is 41.7 Å². The van der Waals surface area contributed by atoms with E-state index in [-0.39, 0.29) is 19.2 Å². The number of carbonyl (C=O) groups is 2. The molecule has 23 heavy (non-hydrogen) atoms. The standard InChI is InChI=1S/C18H20FNO3/c1-3-23-17(22)18(9-10-18)14-11-20(16(21)15(14)19)12(2)13-7-5-4-6-8-13/h4-8,12H,3,9-11H2,1-2H3/t12-/m0/s1. The number of amides is 1. The number of nitrogens with zero attached hydrogens (tertiary/aromatic N) is 1. The second kappa shape index (κ2) is 5.80. The first-order chi connectivity index (χ1) is 11.0. The van der Waals surface area contributed by atoms with Crippen molar-refractivity contribution in [2.75, 3.05) is 13.2 Å². The molecule has 0 N–H and O–H groups in total. The maximum atomic E-state index is 14.5. The Kier molecular flexibility index (Phi) is 3.96. The van der Waals surface area contributed by atoms with Crippen LogP contribution in [0.25, 0.3) is 0 Å². The van der Waals surface area contributed by atoms with E-state index in [4.69, 9.17) is 4.74 Å². The highest BCUT2D eigenvalue weighted by Crippen LogP contribution is 2.56. The third-order valence-corrected chi connectivity index (χ3v) is 4.79.